The molecule has 1 saturated carbocycles. The topological polar surface area (TPSA) is 97.6 Å². The Kier molecular flexibility index (Phi) is 5.25. The van der Waals surface area contributed by atoms with Crippen LogP contribution in [0.1, 0.15) is 36.2 Å². The predicted octanol–water partition coefficient (Wildman–Crippen LogP) is 1.21. The molecule has 8 heteroatoms. The van der Waals surface area contributed by atoms with E-state index in [2.05, 4.69) is 4.72 Å². The first kappa shape index (κ1) is 17.0. The van der Waals surface area contributed by atoms with E-state index >= 15 is 0 Å². The van der Waals surface area contributed by atoms with Crippen molar-refractivity contribution in [1.29, 1.82) is 0 Å². The maximum atomic E-state index is 12.4. The maximum Gasteiger partial charge on any atom is 0.352 e. The van der Waals surface area contributed by atoms with Gasteiger partial charge in [0.15, 0.2) is 0 Å². The zero-order valence-corrected chi connectivity index (χ0v) is 13.6. The first-order valence-electron chi connectivity index (χ1n) is 7.24. The smallest absolute Gasteiger partial charge is 0.352 e. The van der Waals surface area contributed by atoms with Crippen LogP contribution in [0.4, 0.5) is 0 Å². The summed E-state index contributed by atoms with van der Waals surface area (Å²) in [5.74, 6) is -0.662. The quantitative estimate of drug-likeness (QED) is 0.817. The van der Waals surface area contributed by atoms with Crippen LogP contribution in [-0.2, 0) is 21.8 Å². The molecule has 1 heterocycles. The molecule has 1 aromatic heterocycles. The fourth-order valence-corrected chi connectivity index (χ4v) is 4.24. The second-order valence-corrected chi connectivity index (χ2v) is 7.49. The summed E-state index contributed by atoms with van der Waals surface area (Å²) < 4.78 is 33.8. The molecule has 1 fully saturated rings. The van der Waals surface area contributed by atoms with Crippen molar-refractivity contribution in [3.05, 3.63) is 18.0 Å². The number of aromatic nitrogens is 1. The molecule has 0 bridgehead atoms. The lowest BCUT2D eigenvalue weighted by molar-refractivity contribution is 0.0686. The Bertz CT molecular complexity index is 630. The second-order valence-electron chi connectivity index (χ2n) is 5.77. The highest BCUT2D eigenvalue weighted by Gasteiger charge is 2.27. The predicted molar refractivity (Wildman–Crippen MR) is 80.3 cm³/mol. The van der Waals surface area contributed by atoms with Gasteiger partial charge in [0.2, 0.25) is 10.0 Å². The van der Waals surface area contributed by atoms with E-state index in [1.54, 1.807) is 7.11 Å². The molecule has 7 nitrogen and oxygen atoms in total. The molecular formula is C14H22N2O5S. The van der Waals surface area contributed by atoms with Gasteiger partial charge in [-0.3, -0.25) is 0 Å². The Morgan fingerprint density at radius 2 is 2.05 bits per heavy atom. The van der Waals surface area contributed by atoms with Crippen LogP contribution >= 0.6 is 0 Å². The van der Waals surface area contributed by atoms with E-state index in [0.29, 0.717) is 12.5 Å². The number of carbonyl (C=O) groups is 1. The molecule has 2 rings (SSSR count). The number of nitrogens with zero attached hydrogens (tertiary/aromatic N) is 1. The van der Waals surface area contributed by atoms with Crippen molar-refractivity contribution < 1.29 is 23.1 Å². The average Bonchev–Trinajstić information content (AvgIpc) is 2.84. The Morgan fingerprint density at radius 1 is 1.41 bits per heavy atom. The van der Waals surface area contributed by atoms with Gasteiger partial charge in [-0.25, -0.2) is 17.9 Å². The normalized spacial score (nSPS) is 22.6. The van der Waals surface area contributed by atoms with Crippen molar-refractivity contribution in [2.24, 2.45) is 13.0 Å². The molecule has 0 unspecified atom stereocenters. The molecule has 0 atom stereocenters. The third kappa shape index (κ3) is 3.88. The Labute approximate surface area is 130 Å². The van der Waals surface area contributed by atoms with Crippen LogP contribution in [0.2, 0.25) is 0 Å². The Morgan fingerprint density at radius 3 is 2.55 bits per heavy atom. The number of hydrogen-bond acceptors (Lipinski definition) is 4. The van der Waals surface area contributed by atoms with Gasteiger partial charge in [-0.2, -0.15) is 0 Å². The lowest BCUT2D eigenvalue weighted by Crippen LogP contribution is -2.38. The summed E-state index contributed by atoms with van der Waals surface area (Å²) in [6.45, 7) is 0.708. The summed E-state index contributed by atoms with van der Waals surface area (Å²) in [7, 11) is -0.507. The largest absolute Gasteiger partial charge is 0.477 e. The molecule has 0 aliphatic heterocycles. The molecule has 124 valence electrons. The molecule has 1 aliphatic rings. The maximum absolute atomic E-state index is 12.4. The standard InChI is InChI=1S/C14H22N2O5S/c1-16-8-12(7-13(16)14(17)18)22(19,20)15-11-5-3-10(4-6-11)9-21-2/h7-8,10-11,15H,3-6,9H2,1-2H3,(H,17,18). The fraction of sp³-hybridized carbons (Fsp3) is 0.643. The molecule has 1 aliphatic carbocycles. The van der Waals surface area contributed by atoms with Crippen LogP contribution in [0.15, 0.2) is 17.2 Å². The molecule has 0 aromatic carbocycles. The SMILES string of the molecule is COCC1CCC(NS(=O)(=O)c2cc(C(=O)O)n(C)c2)CC1. The lowest BCUT2D eigenvalue weighted by Gasteiger charge is -2.28. The van der Waals surface area contributed by atoms with E-state index in [4.69, 9.17) is 9.84 Å². The minimum Gasteiger partial charge on any atom is -0.477 e. The zero-order valence-electron chi connectivity index (χ0n) is 12.8. The van der Waals surface area contributed by atoms with Gasteiger partial charge < -0.3 is 14.4 Å². The van der Waals surface area contributed by atoms with Crippen molar-refractivity contribution in [3.8, 4) is 0 Å². The van der Waals surface area contributed by atoms with Crippen molar-refractivity contribution in [2.45, 2.75) is 36.6 Å². The summed E-state index contributed by atoms with van der Waals surface area (Å²) in [6.07, 6.45) is 4.71. The molecule has 0 radical (unpaired) electrons. The van der Waals surface area contributed by atoms with Gasteiger partial charge in [-0.1, -0.05) is 0 Å². The minimum absolute atomic E-state index is 0.00795. The summed E-state index contributed by atoms with van der Waals surface area (Å²) in [6, 6.07) is 1.08. The van der Waals surface area contributed by atoms with Crippen LogP contribution < -0.4 is 4.72 Å². The van der Waals surface area contributed by atoms with Crippen LogP contribution in [0.25, 0.3) is 0 Å². The van der Waals surface area contributed by atoms with E-state index in [1.165, 1.54) is 23.9 Å². The molecule has 2 N–H and O–H groups in total. The Hall–Kier alpha value is -1.38. The van der Waals surface area contributed by atoms with Crippen LogP contribution in [0.3, 0.4) is 0 Å². The summed E-state index contributed by atoms with van der Waals surface area (Å²) in [5.41, 5.74) is -0.0517. The molecular weight excluding hydrogens is 308 g/mol. The van der Waals surface area contributed by atoms with Crippen LogP contribution in [-0.4, -0.2) is 43.8 Å². The molecule has 0 amide bonds. The lowest BCUT2D eigenvalue weighted by atomic mass is 9.87. The first-order valence-corrected chi connectivity index (χ1v) is 8.72. The minimum atomic E-state index is -3.69. The number of methoxy groups -OCH3 is 1. The number of aromatic carboxylic acids is 1. The van der Waals surface area contributed by atoms with Crippen molar-refractivity contribution in [2.75, 3.05) is 13.7 Å². The Balaban J connectivity index is 2.03. The van der Waals surface area contributed by atoms with Gasteiger partial charge in [0.1, 0.15) is 10.6 Å². The highest BCUT2D eigenvalue weighted by atomic mass is 32.2. The van der Waals surface area contributed by atoms with Gasteiger partial charge in [-0.05, 0) is 37.7 Å². The summed E-state index contributed by atoms with van der Waals surface area (Å²) in [4.78, 5) is 11.0. The summed E-state index contributed by atoms with van der Waals surface area (Å²) >= 11 is 0. The number of carboxylic acids is 1. The number of hydrogen-bond donors (Lipinski definition) is 2. The van der Waals surface area contributed by atoms with Gasteiger partial charge in [0.05, 0.1) is 0 Å². The number of ether oxygens (including phenoxy) is 1. The van der Waals surface area contributed by atoms with Gasteiger partial charge in [0.25, 0.3) is 0 Å². The summed E-state index contributed by atoms with van der Waals surface area (Å²) in [5, 5.41) is 9.00. The molecule has 0 spiro atoms. The van der Waals surface area contributed by atoms with Crippen LogP contribution in [0.5, 0.6) is 0 Å². The number of rotatable bonds is 6. The highest BCUT2D eigenvalue weighted by molar-refractivity contribution is 7.89. The van der Waals surface area contributed by atoms with E-state index in [1.807, 2.05) is 0 Å². The van der Waals surface area contributed by atoms with Gasteiger partial charge in [0, 0.05) is 33.0 Å². The van der Waals surface area contributed by atoms with Crippen molar-refractivity contribution in [3.63, 3.8) is 0 Å². The highest BCUT2D eigenvalue weighted by Crippen LogP contribution is 2.25. The molecule has 0 saturated heterocycles. The van der Waals surface area contributed by atoms with E-state index in [9.17, 15) is 13.2 Å². The molecule has 1 aromatic rings. The van der Waals surface area contributed by atoms with E-state index < -0.39 is 16.0 Å². The van der Waals surface area contributed by atoms with Crippen molar-refractivity contribution in [1.82, 2.24) is 9.29 Å². The second kappa shape index (κ2) is 6.80. The first-order chi connectivity index (χ1) is 10.3. The van der Waals surface area contributed by atoms with E-state index in [0.717, 1.165) is 25.7 Å². The van der Waals surface area contributed by atoms with E-state index in [-0.39, 0.29) is 16.6 Å². The monoisotopic (exact) mass is 330 g/mol. The number of nitrogens with one attached hydrogen (secondary N) is 1. The van der Waals surface area contributed by atoms with Crippen molar-refractivity contribution >= 4 is 16.0 Å². The van der Waals surface area contributed by atoms with Gasteiger partial charge >= 0.3 is 5.97 Å². The third-order valence-corrected chi connectivity index (χ3v) is 5.57. The third-order valence-electron chi connectivity index (χ3n) is 4.08. The fourth-order valence-electron chi connectivity index (χ4n) is 2.86. The van der Waals surface area contributed by atoms with Gasteiger partial charge in [-0.15, -0.1) is 0 Å². The number of aryl methyl sites for hydroxylation is 1. The number of carboxylic acid groups (broad SMARTS) is 1. The number of sulfonamides is 1. The molecule has 22 heavy (non-hydrogen) atoms. The van der Waals surface area contributed by atoms with Crippen LogP contribution in [0, 0.1) is 5.92 Å². The zero-order chi connectivity index (χ0) is 16.3. The average molecular weight is 330 g/mol.